The molecule has 11 heteroatoms. The van der Waals surface area contributed by atoms with E-state index in [0.29, 0.717) is 12.8 Å². The van der Waals surface area contributed by atoms with E-state index in [4.69, 9.17) is 18.9 Å². The van der Waals surface area contributed by atoms with Crippen LogP contribution >= 0.6 is 0 Å². The molecule has 1 aliphatic heterocycles. The quantitative estimate of drug-likeness (QED) is 0.210. The fourth-order valence-electron chi connectivity index (χ4n) is 6.26. The zero-order valence-corrected chi connectivity index (χ0v) is 25.1. The number of ether oxygens (including phenoxy) is 4. The molecule has 0 amide bonds. The fraction of sp³-hybridized carbons (Fsp3) is 0.767. The van der Waals surface area contributed by atoms with Crippen molar-refractivity contribution in [3.05, 3.63) is 11.1 Å². The number of Topliss-reactive ketones (excluding diaryl/α,β-unsaturated/α-hetero) is 1. The van der Waals surface area contributed by atoms with Gasteiger partial charge in [-0.1, -0.05) is 46.5 Å². The van der Waals surface area contributed by atoms with Crippen LogP contribution in [0.5, 0.6) is 0 Å². The second kappa shape index (κ2) is 12.2. The van der Waals surface area contributed by atoms with E-state index < -0.39 is 83.0 Å². The van der Waals surface area contributed by atoms with E-state index in [1.165, 1.54) is 13.8 Å². The monoisotopic (exact) mass is 580 g/mol. The van der Waals surface area contributed by atoms with Crippen LogP contribution in [-0.4, -0.2) is 75.0 Å². The molecule has 1 unspecified atom stereocenters. The Bertz CT molecular complexity index is 1110. The third kappa shape index (κ3) is 5.80. The molecule has 0 aromatic carbocycles. The number of fused-ring (bicyclic) bond motifs is 3. The van der Waals surface area contributed by atoms with E-state index in [1.54, 1.807) is 13.8 Å². The molecule has 230 valence electrons. The lowest BCUT2D eigenvalue weighted by molar-refractivity contribution is -0.213. The summed E-state index contributed by atoms with van der Waals surface area (Å²) in [5.41, 5.74) is -6.71. The van der Waals surface area contributed by atoms with E-state index in [1.807, 2.05) is 0 Å². The van der Waals surface area contributed by atoms with E-state index in [-0.39, 0.29) is 17.6 Å². The van der Waals surface area contributed by atoms with Gasteiger partial charge in [0.2, 0.25) is 0 Å². The summed E-state index contributed by atoms with van der Waals surface area (Å²) in [5.74, 6) is -5.60. The lowest BCUT2D eigenvalue weighted by atomic mass is 9.75. The number of carbonyl (C=O) groups excluding carboxylic acids is 5. The summed E-state index contributed by atoms with van der Waals surface area (Å²) in [4.78, 5) is 64.8. The maximum Gasteiger partial charge on any atom is 0.341 e. The van der Waals surface area contributed by atoms with Gasteiger partial charge in [-0.2, -0.15) is 0 Å². The Hall–Kier alpha value is -2.79. The van der Waals surface area contributed by atoms with Gasteiger partial charge in [0.15, 0.2) is 29.2 Å². The molecule has 3 aliphatic rings. The van der Waals surface area contributed by atoms with Crippen molar-refractivity contribution in [1.82, 2.24) is 0 Å². The van der Waals surface area contributed by atoms with Gasteiger partial charge in [0.25, 0.3) is 0 Å². The second-order valence-electron chi connectivity index (χ2n) is 12.0. The number of hydrogen-bond acceptors (Lipinski definition) is 11. The van der Waals surface area contributed by atoms with Gasteiger partial charge in [-0.3, -0.25) is 19.2 Å². The molecule has 41 heavy (non-hydrogen) atoms. The van der Waals surface area contributed by atoms with E-state index in [0.717, 1.165) is 39.5 Å². The normalized spacial score (nSPS) is 35.2. The van der Waals surface area contributed by atoms with Gasteiger partial charge in [-0.25, -0.2) is 4.79 Å². The maximum atomic E-state index is 13.6. The molecule has 1 heterocycles. The third-order valence-electron chi connectivity index (χ3n) is 8.92. The number of rotatable bonds is 11. The van der Waals surface area contributed by atoms with Crippen LogP contribution in [0.3, 0.4) is 0 Å². The highest BCUT2D eigenvalue weighted by molar-refractivity contribution is 6.04. The molecule has 0 bridgehead atoms. The predicted octanol–water partition coefficient (Wildman–Crippen LogP) is 2.87. The lowest BCUT2D eigenvalue weighted by Gasteiger charge is -2.41. The van der Waals surface area contributed by atoms with E-state index in [2.05, 4.69) is 6.92 Å². The molecule has 0 radical (unpaired) electrons. The number of esters is 4. The van der Waals surface area contributed by atoms with Crippen LogP contribution in [0.2, 0.25) is 0 Å². The zero-order chi connectivity index (χ0) is 30.9. The molecule has 8 atom stereocenters. The van der Waals surface area contributed by atoms with Crippen LogP contribution in [0, 0.1) is 11.8 Å². The van der Waals surface area contributed by atoms with Crippen LogP contribution in [0.4, 0.5) is 0 Å². The van der Waals surface area contributed by atoms with Gasteiger partial charge >= 0.3 is 23.9 Å². The van der Waals surface area contributed by atoms with Crippen LogP contribution in [-0.2, 0) is 42.9 Å². The average molecular weight is 581 g/mol. The number of ketones is 1. The van der Waals surface area contributed by atoms with Gasteiger partial charge < -0.3 is 29.2 Å². The first-order valence-electron chi connectivity index (χ1n) is 14.6. The van der Waals surface area contributed by atoms with Gasteiger partial charge in [-0.05, 0) is 44.8 Å². The van der Waals surface area contributed by atoms with Crippen LogP contribution < -0.4 is 0 Å². The second-order valence-corrected chi connectivity index (χ2v) is 12.0. The van der Waals surface area contributed by atoms with Crippen molar-refractivity contribution >= 4 is 29.7 Å². The van der Waals surface area contributed by atoms with Gasteiger partial charge in [0.05, 0.1) is 11.8 Å². The number of aliphatic hydroxyl groups is 2. The number of unbranched alkanes of at least 4 members (excludes halogenated alkanes) is 4. The Morgan fingerprint density at radius 1 is 1.05 bits per heavy atom. The highest BCUT2D eigenvalue weighted by Crippen LogP contribution is 2.56. The first-order valence-corrected chi connectivity index (χ1v) is 14.6. The SMILES string of the molecule is CCCCCCCC(=O)O[C@@H]1C(=O)C(C)=C2[C@H]1[C@@](C)(OC(C)=O)C[C@H](OC(=O)C(C)CC)[C@@]1(O)[C@H]2OC(=O)[C@@]1(C)O. The van der Waals surface area contributed by atoms with Crippen molar-refractivity contribution in [3.63, 3.8) is 0 Å². The third-order valence-corrected chi connectivity index (χ3v) is 8.92. The molecule has 2 N–H and O–H groups in total. The molecule has 3 rings (SSSR count). The van der Waals surface area contributed by atoms with Crippen molar-refractivity contribution in [2.24, 2.45) is 11.8 Å². The van der Waals surface area contributed by atoms with Crippen molar-refractivity contribution in [3.8, 4) is 0 Å². The minimum absolute atomic E-state index is 0.0388. The molecule has 1 saturated heterocycles. The average Bonchev–Trinajstić information content (AvgIpc) is 3.21. The minimum Gasteiger partial charge on any atom is -0.459 e. The Morgan fingerprint density at radius 2 is 1.68 bits per heavy atom. The lowest BCUT2D eigenvalue weighted by Crippen LogP contribution is -2.64. The summed E-state index contributed by atoms with van der Waals surface area (Å²) >= 11 is 0. The van der Waals surface area contributed by atoms with Gasteiger partial charge in [0, 0.05) is 19.8 Å². The topological polar surface area (TPSA) is 163 Å². The summed E-state index contributed by atoms with van der Waals surface area (Å²) in [7, 11) is 0. The largest absolute Gasteiger partial charge is 0.459 e. The Kier molecular flexibility index (Phi) is 9.75. The summed E-state index contributed by atoms with van der Waals surface area (Å²) in [5, 5.41) is 23.5. The Morgan fingerprint density at radius 3 is 2.27 bits per heavy atom. The summed E-state index contributed by atoms with van der Waals surface area (Å²) in [6.07, 6.45) is -0.187. The van der Waals surface area contributed by atoms with Gasteiger partial charge in [-0.15, -0.1) is 0 Å². The maximum absolute atomic E-state index is 13.6. The molecule has 2 fully saturated rings. The summed E-state index contributed by atoms with van der Waals surface area (Å²) in [6.45, 7) is 10.6. The first-order chi connectivity index (χ1) is 19.1. The van der Waals surface area contributed by atoms with Crippen LogP contribution in [0.25, 0.3) is 0 Å². The summed E-state index contributed by atoms with van der Waals surface area (Å²) in [6, 6.07) is 0. The molecule has 0 aromatic rings. The smallest absolute Gasteiger partial charge is 0.341 e. The fourth-order valence-corrected chi connectivity index (χ4v) is 6.26. The molecule has 11 nitrogen and oxygen atoms in total. The highest BCUT2D eigenvalue weighted by atomic mass is 16.6. The first kappa shape index (κ1) is 32.7. The standard InChI is InChI=1S/C30H44O11/c1-8-10-11-12-13-14-20(32)39-24-22-21(17(4)23(24)33)25-30(37,29(7,36)27(35)40-25)19(38-26(34)16(3)9-2)15-28(22,6)41-18(5)31/h16,19,22,24-25,36-37H,8-15H2,1-7H3/t16?,19-,22+,24-,25-,28-,29+,30+/m0/s1. The molecule has 0 spiro atoms. The van der Waals surface area contributed by atoms with Crippen molar-refractivity contribution in [2.45, 2.75) is 135 Å². The molecular weight excluding hydrogens is 536 g/mol. The van der Waals surface area contributed by atoms with Crippen molar-refractivity contribution < 1.29 is 53.1 Å². The van der Waals surface area contributed by atoms with Gasteiger partial charge in [0.1, 0.15) is 11.7 Å². The van der Waals surface area contributed by atoms with Crippen molar-refractivity contribution in [1.29, 1.82) is 0 Å². The zero-order valence-electron chi connectivity index (χ0n) is 25.1. The van der Waals surface area contributed by atoms with Crippen LogP contribution in [0.1, 0.15) is 99.8 Å². The molecule has 2 aliphatic carbocycles. The van der Waals surface area contributed by atoms with E-state index in [9.17, 15) is 34.2 Å². The molecule has 1 saturated carbocycles. The highest BCUT2D eigenvalue weighted by Gasteiger charge is 2.75. The Labute approximate surface area is 240 Å². The minimum atomic E-state index is -2.56. The number of carbonyl (C=O) groups is 5. The molecule has 0 aromatic heterocycles. The van der Waals surface area contributed by atoms with E-state index >= 15 is 0 Å². The Balaban J connectivity index is 2.11. The van der Waals surface area contributed by atoms with Crippen molar-refractivity contribution in [2.75, 3.05) is 0 Å². The molecular formula is C30H44O11. The number of hydrogen-bond donors (Lipinski definition) is 2. The predicted molar refractivity (Wildman–Crippen MR) is 144 cm³/mol. The summed E-state index contributed by atoms with van der Waals surface area (Å²) < 4.78 is 22.8. The van der Waals surface area contributed by atoms with Crippen LogP contribution in [0.15, 0.2) is 11.1 Å².